The Kier molecular flexibility index (Phi) is 5.99. The molecule has 112 valence electrons. The van der Waals surface area contributed by atoms with Crippen molar-refractivity contribution < 1.29 is 9.50 Å². The number of halogens is 1. The molecule has 20 heavy (non-hydrogen) atoms. The third-order valence-electron chi connectivity index (χ3n) is 4.40. The van der Waals surface area contributed by atoms with Crippen molar-refractivity contribution in [3.63, 3.8) is 0 Å². The van der Waals surface area contributed by atoms with E-state index in [1.54, 1.807) is 0 Å². The Morgan fingerprint density at radius 3 is 2.45 bits per heavy atom. The fourth-order valence-corrected chi connectivity index (χ4v) is 3.03. The van der Waals surface area contributed by atoms with Crippen LogP contribution in [0.25, 0.3) is 0 Å². The Morgan fingerprint density at radius 2 is 1.85 bits per heavy atom. The minimum atomic E-state index is -0.166. The summed E-state index contributed by atoms with van der Waals surface area (Å²) in [6.07, 6.45) is 6.68. The largest absolute Gasteiger partial charge is 0.396 e. The summed E-state index contributed by atoms with van der Waals surface area (Å²) < 4.78 is 12.8. The number of aliphatic hydroxyl groups is 1. The van der Waals surface area contributed by atoms with Crippen molar-refractivity contribution >= 4 is 0 Å². The van der Waals surface area contributed by atoms with Gasteiger partial charge in [-0.15, -0.1) is 0 Å². The molecule has 2 rings (SSSR count). The van der Waals surface area contributed by atoms with E-state index in [4.69, 9.17) is 5.11 Å². The average Bonchev–Trinajstić information content (AvgIpc) is 2.47. The van der Waals surface area contributed by atoms with E-state index >= 15 is 0 Å². The smallest absolute Gasteiger partial charge is 0.123 e. The van der Waals surface area contributed by atoms with Gasteiger partial charge in [0.25, 0.3) is 0 Å². The van der Waals surface area contributed by atoms with Crippen LogP contribution in [0.3, 0.4) is 0 Å². The van der Waals surface area contributed by atoms with Gasteiger partial charge in [-0.3, -0.25) is 0 Å². The van der Waals surface area contributed by atoms with Gasteiger partial charge >= 0.3 is 0 Å². The zero-order valence-electron chi connectivity index (χ0n) is 12.3. The van der Waals surface area contributed by atoms with Crippen molar-refractivity contribution in [2.24, 2.45) is 5.92 Å². The summed E-state index contributed by atoms with van der Waals surface area (Å²) in [5.41, 5.74) is 1.20. The average molecular weight is 279 g/mol. The highest BCUT2D eigenvalue weighted by Crippen LogP contribution is 2.24. The zero-order chi connectivity index (χ0) is 14.4. The van der Waals surface area contributed by atoms with Crippen LogP contribution < -0.4 is 5.32 Å². The monoisotopic (exact) mass is 279 g/mol. The Balaban J connectivity index is 1.68. The normalized spacial score (nSPS) is 24.6. The molecule has 0 aromatic heterocycles. The Labute approximate surface area is 121 Å². The van der Waals surface area contributed by atoms with Crippen LogP contribution in [0, 0.1) is 11.7 Å². The highest BCUT2D eigenvalue weighted by atomic mass is 19.1. The van der Waals surface area contributed by atoms with Crippen molar-refractivity contribution in [2.75, 3.05) is 6.61 Å². The van der Waals surface area contributed by atoms with Crippen LogP contribution >= 0.6 is 0 Å². The molecule has 0 heterocycles. The third kappa shape index (κ3) is 4.88. The molecular formula is C17H26FNO. The van der Waals surface area contributed by atoms with Crippen LogP contribution in [-0.2, 0) is 6.42 Å². The molecular weight excluding hydrogens is 253 g/mol. The summed E-state index contributed by atoms with van der Waals surface area (Å²) in [7, 11) is 0. The Hall–Kier alpha value is -0.930. The first-order valence-corrected chi connectivity index (χ1v) is 7.78. The van der Waals surface area contributed by atoms with E-state index in [0.29, 0.717) is 24.6 Å². The van der Waals surface area contributed by atoms with Gasteiger partial charge in [-0.2, -0.15) is 0 Å². The number of benzene rings is 1. The SMILES string of the molecule is CC(CCc1ccc(F)cc1)NC1CCC(CO)CC1. The first-order valence-electron chi connectivity index (χ1n) is 7.78. The number of aliphatic hydroxyl groups excluding tert-OH is 1. The van der Waals surface area contributed by atoms with Gasteiger partial charge in [-0.1, -0.05) is 12.1 Å². The molecule has 0 spiro atoms. The van der Waals surface area contributed by atoms with Gasteiger partial charge in [0.05, 0.1) is 0 Å². The number of nitrogens with one attached hydrogen (secondary N) is 1. The van der Waals surface area contributed by atoms with Crippen molar-refractivity contribution in [3.05, 3.63) is 35.6 Å². The Morgan fingerprint density at radius 1 is 1.20 bits per heavy atom. The van der Waals surface area contributed by atoms with Crippen molar-refractivity contribution in [2.45, 2.75) is 57.5 Å². The topological polar surface area (TPSA) is 32.3 Å². The molecule has 1 aliphatic carbocycles. The van der Waals surface area contributed by atoms with Gasteiger partial charge in [-0.25, -0.2) is 4.39 Å². The van der Waals surface area contributed by atoms with E-state index in [0.717, 1.165) is 25.7 Å². The molecule has 2 N–H and O–H groups in total. The number of hydrogen-bond donors (Lipinski definition) is 2. The minimum Gasteiger partial charge on any atom is -0.396 e. The van der Waals surface area contributed by atoms with Gasteiger partial charge in [-0.05, 0) is 69.1 Å². The van der Waals surface area contributed by atoms with Gasteiger partial charge < -0.3 is 10.4 Å². The maximum atomic E-state index is 12.8. The van der Waals surface area contributed by atoms with Crippen molar-refractivity contribution in [3.8, 4) is 0 Å². The van der Waals surface area contributed by atoms with Gasteiger partial charge in [0.15, 0.2) is 0 Å². The number of aryl methyl sites for hydroxylation is 1. The predicted molar refractivity (Wildman–Crippen MR) is 80.2 cm³/mol. The third-order valence-corrected chi connectivity index (χ3v) is 4.40. The lowest BCUT2D eigenvalue weighted by molar-refractivity contribution is 0.172. The van der Waals surface area contributed by atoms with E-state index in [2.05, 4.69) is 12.2 Å². The fraction of sp³-hybridized carbons (Fsp3) is 0.647. The molecule has 0 saturated heterocycles. The van der Waals surface area contributed by atoms with Gasteiger partial charge in [0.2, 0.25) is 0 Å². The second-order valence-corrected chi connectivity index (χ2v) is 6.13. The van der Waals surface area contributed by atoms with Crippen LogP contribution in [0.4, 0.5) is 4.39 Å². The van der Waals surface area contributed by atoms with Crippen LogP contribution in [0.5, 0.6) is 0 Å². The number of rotatable bonds is 6. The molecule has 0 bridgehead atoms. The van der Waals surface area contributed by atoms with E-state index in [-0.39, 0.29) is 5.82 Å². The second kappa shape index (κ2) is 7.75. The van der Waals surface area contributed by atoms with Crippen LogP contribution in [0.15, 0.2) is 24.3 Å². The lowest BCUT2D eigenvalue weighted by atomic mass is 9.86. The molecule has 0 aliphatic heterocycles. The first-order chi connectivity index (χ1) is 9.67. The standard InChI is InChI=1S/C17H26FNO/c1-13(2-3-14-4-8-16(18)9-5-14)19-17-10-6-15(12-20)7-11-17/h4-5,8-9,13,15,17,19-20H,2-3,6-7,10-12H2,1H3. The molecule has 1 aromatic rings. The second-order valence-electron chi connectivity index (χ2n) is 6.13. The van der Waals surface area contributed by atoms with Gasteiger partial charge in [0.1, 0.15) is 5.82 Å². The Bertz CT molecular complexity index is 384. The molecule has 1 aromatic carbocycles. The minimum absolute atomic E-state index is 0.166. The molecule has 1 atom stereocenters. The molecule has 0 radical (unpaired) electrons. The maximum absolute atomic E-state index is 12.8. The van der Waals surface area contributed by atoms with E-state index in [1.807, 2.05) is 12.1 Å². The van der Waals surface area contributed by atoms with Crippen LogP contribution in [-0.4, -0.2) is 23.8 Å². The highest BCUT2D eigenvalue weighted by Gasteiger charge is 2.21. The summed E-state index contributed by atoms with van der Waals surface area (Å²) >= 11 is 0. The molecule has 1 fully saturated rings. The molecule has 1 unspecified atom stereocenters. The fourth-order valence-electron chi connectivity index (χ4n) is 3.03. The van der Waals surface area contributed by atoms with Crippen molar-refractivity contribution in [1.82, 2.24) is 5.32 Å². The van der Waals surface area contributed by atoms with Crippen molar-refractivity contribution in [1.29, 1.82) is 0 Å². The lowest BCUT2D eigenvalue weighted by Gasteiger charge is -2.30. The summed E-state index contributed by atoms with van der Waals surface area (Å²) in [6, 6.07) is 7.88. The van der Waals surface area contributed by atoms with E-state index in [1.165, 1.54) is 30.5 Å². The van der Waals surface area contributed by atoms with Gasteiger partial charge in [0, 0.05) is 18.7 Å². The highest BCUT2D eigenvalue weighted by molar-refractivity contribution is 5.16. The summed E-state index contributed by atoms with van der Waals surface area (Å²) in [6.45, 7) is 2.56. The molecule has 1 aliphatic rings. The van der Waals surface area contributed by atoms with E-state index < -0.39 is 0 Å². The molecule has 1 saturated carbocycles. The zero-order valence-corrected chi connectivity index (χ0v) is 12.3. The predicted octanol–water partition coefficient (Wildman–Crippen LogP) is 3.29. The first kappa shape index (κ1) is 15.5. The number of hydrogen-bond acceptors (Lipinski definition) is 2. The maximum Gasteiger partial charge on any atom is 0.123 e. The van der Waals surface area contributed by atoms with Crippen LogP contribution in [0.1, 0.15) is 44.6 Å². The molecule has 0 amide bonds. The summed E-state index contributed by atoms with van der Waals surface area (Å²) in [4.78, 5) is 0. The summed E-state index contributed by atoms with van der Waals surface area (Å²) in [5.74, 6) is 0.350. The lowest BCUT2D eigenvalue weighted by Crippen LogP contribution is -2.39. The summed E-state index contributed by atoms with van der Waals surface area (Å²) in [5, 5.41) is 12.8. The molecule has 3 heteroatoms. The van der Waals surface area contributed by atoms with E-state index in [9.17, 15) is 4.39 Å². The molecule has 2 nitrogen and oxygen atoms in total. The van der Waals surface area contributed by atoms with Crippen LogP contribution in [0.2, 0.25) is 0 Å². The quantitative estimate of drug-likeness (QED) is 0.837.